The Kier molecular flexibility index (Phi) is 14.3. The van der Waals surface area contributed by atoms with Crippen molar-refractivity contribution in [2.45, 2.75) is 57.3 Å². The molecule has 1 fully saturated rings. The molecule has 0 aromatic heterocycles. The predicted octanol–water partition coefficient (Wildman–Crippen LogP) is -0.142. The Morgan fingerprint density at radius 3 is 2.30 bits per heavy atom. The Bertz CT molecular complexity index is 306. The minimum absolute atomic E-state index is 0.223. The second-order valence-electron chi connectivity index (χ2n) is 6.19. The largest absolute Gasteiger partial charge is 0.451 e. The van der Waals surface area contributed by atoms with Crippen LogP contribution in [0.5, 0.6) is 0 Å². The Balaban J connectivity index is 0.00000149. The fourth-order valence-corrected chi connectivity index (χ4v) is 2.91. The normalized spacial score (nSPS) is 17.0. The van der Waals surface area contributed by atoms with Gasteiger partial charge in [-0.3, -0.25) is 0 Å². The van der Waals surface area contributed by atoms with E-state index in [-0.39, 0.29) is 12.2 Å². The molecule has 5 N–H and O–H groups in total. The molecule has 8 heteroatoms. The molecule has 1 heterocycles. The molecular formula is C15H31BN2O5. The average Bonchev–Trinajstić information content (AvgIpc) is 2.52. The Labute approximate surface area is 139 Å². The smallest absolute Gasteiger partial charge is 0.427 e. The van der Waals surface area contributed by atoms with Crippen LogP contribution in [0, 0.1) is 5.92 Å². The third-order valence-corrected chi connectivity index (χ3v) is 4.35. The van der Waals surface area contributed by atoms with E-state index in [2.05, 4.69) is 4.90 Å². The number of aliphatic hydroxyl groups excluding tert-OH is 1. The molecule has 1 aliphatic rings. The van der Waals surface area contributed by atoms with Gasteiger partial charge in [-0.1, -0.05) is 12.8 Å². The van der Waals surface area contributed by atoms with Gasteiger partial charge in [-0.2, -0.15) is 9.59 Å². The second kappa shape index (κ2) is 14.8. The summed E-state index contributed by atoms with van der Waals surface area (Å²) >= 11 is 0. The van der Waals surface area contributed by atoms with Crippen molar-refractivity contribution in [3.05, 3.63) is 0 Å². The topological polar surface area (TPSA) is 124 Å². The molecule has 1 saturated heterocycles. The van der Waals surface area contributed by atoms with Crippen LogP contribution in [0.4, 0.5) is 0 Å². The number of nitrogens with zero attached hydrogens (tertiary/aromatic N) is 1. The van der Waals surface area contributed by atoms with Crippen LogP contribution in [-0.2, 0) is 9.59 Å². The molecule has 0 unspecified atom stereocenters. The second-order valence-corrected chi connectivity index (χ2v) is 6.19. The first-order chi connectivity index (χ1) is 11.0. The molecular weight excluding hydrogens is 299 g/mol. The summed E-state index contributed by atoms with van der Waals surface area (Å²) in [6.45, 7) is 3.65. The van der Waals surface area contributed by atoms with E-state index in [1.807, 2.05) is 0 Å². The molecule has 0 aromatic carbocycles. The minimum atomic E-state index is -1.17. The fourth-order valence-electron chi connectivity index (χ4n) is 2.91. The summed E-state index contributed by atoms with van der Waals surface area (Å²) in [5.41, 5.74) is 6.10. The first-order valence-electron chi connectivity index (χ1n) is 8.47. The minimum Gasteiger partial charge on any atom is -0.427 e. The lowest BCUT2D eigenvalue weighted by Crippen LogP contribution is -2.37. The van der Waals surface area contributed by atoms with Crippen LogP contribution < -0.4 is 5.73 Å². The standard InChI is InChI=1S/C14H31BN2O3.CO2/c16-14(3-1-2-8-15(19)20)6-11-17-9-4-13(5-10-17)7-12-18;2-1-3/h13-14,18-20H,1-12,16H2;/t14-;/m1./s1. The molecule has 0 aromatic rings. The molecule has 0 saturated carbocycles. The van der Waals surface area contributed by atoms with Crippen LogP contribution in [-0.4, -0.2) is 65.6 Å². The molecule has 1 rings (SSSR count). The van der Waals surface area contributed by atoms with Gasteiger partial charge in [-0.15, -0.1) is 0 Å². The monoisotopic (exact) mass is 330 g/mol. The van der Waals surface area contributed by atoms with Crippen molar-refractivity contribution < 1.29 is 24.7 Å². The molecule has 0 spiro atoms. The van der Waals surface area contributed by atoms with Gasteiger partial charge in [0.2, 0.25) is 0 Å². The lowest BCUT2D eigenvalue weighted by Gasteiger charge is -2.32. The lowest BCUT2D eigenvalue weighted by atomic mass is 9.83. The van der Waals surface area contributed by atoms with Crippen LogP contribution in [0.25, 0.3) is 0 Å². The molecule has 7 nitrogen and oxygen atoms in total. The van der Waals surface area contributed by atoms with E-state index in [4.69, 9.17) is 30.5 Å². The van der Waals surface area contributed by atoms with Gasteiger partial charge in [0.15, 0.2) is 0 Å². The number of piperidine rings is 1. The molecule has 0 aliphatic carbocycles. The van der Waals surface area contributed by atoms with Gasteiger partial charge in [0.1, 0.15) is 0 Å². The first kappa shape index (κ1) is 22.2. The molecule has 23 heavy (non-hydrogen) atoms. The van der Waals surface area contributed by atoms with E-state index in [9.17, 15) is 0 Å². The maximum Gasteiger partial charge on any atom is 0.451 e. The summed E-state index contributed by atoms with van der Waals surface area (Å²) < 4.78 is 0. The van der Waals surface area contributed by atoms with E-state index in [1.54, 1.807) is 0 Å². The quantitative estimate of drug-likeness (QED) is 0.324. The van der Waals surface area contributed by atoms with Crippen LogP contribution in [0.3, 0.4) is 0 Å². The Morgan fingerprint density at radius 2 is 1.78 bits per heavy atom. The summed E-state index contributed by atoms with van der Waals surface area (Å²) in [6.07, 6.45) is 7.83. The van der Waals surface area contributed by atoms with E-state index >= 15 is 0 Å². The van der Waals surface area contributed by atoms with Crippen molar-refractivity contribution in [2.24, 2.45) is 11.7 Å². The number of likely N-dealkylation sites (tertiary alicyclic amines) is 1. The molecule has 134 valence electrons. The first-order valence-corrected chi connectivity index (χ1v) is 8.47. The summed E-state index contributed by atoms with van der Waals surface area (Å²) in [5, 5.41) is 26.4. The van der Waals surface area contributed by atoms with E-state index < -0.39 is 7.12 Å². The average molecular weight is 330 g/mol. The Hall–Kier alpha value is -0.755. The van der Waals surface area contributed by atoms with Crippen LogP contribution in [0.1, 0.15) is 44.9 Å². The van der Waals surface area contributed by atoms with Crippen LogP contribution in [0.15, 0.2) is 0 Å². The number of aliphatic hydroxyl groups is 1. The fraction of sp³-hybridized carbons (Fsp3) is 0.933. The molecule has 0 amide bonds. The maximum atomic E-state index is 8.94. The van der Waals surface area contributed by atoms with Crippen LogP contribution >= 0.6 is 0 Å². The number of hydrogen-bond donors (Lipinski definition) is 4. The summed E-state index contributed by atoms with van der Waals surface area (Å²) in [4.78, 5) is 18.7. The lowest BCUT2D eigenvalue weighted by molar-refractivity contribution is -0.191. The van der Waals surface area contributed by atoms with Crippen molar-refractivity contribution in [2.75, 3.05) is 26.2 Å². The van der Waals surface area contributed by atoms with Gasteiger partial charge in [0, 0.05) is 12.6 Å². The highest BCUT2D eigenvalue weighted by Gasteiger charge is 2.18. The van der Waals surface area contributed by atoms with E-state index in [1.165, 1.54) is 12.8 Å². The molecule has 1 aliphatic heterocycles. The SMILES string of the molecule is N[C@H](CCCCB(O)O)CCN1CCC(CCO)CC1.O=C=O. The summed E-state index contributed by atoms with van der Waals surface area (Å²) in [5.74, 6) is 0.704. The zero-order valence-electron chi connectivity index (χ0n) is 13.9. The zero-order valence-corrected chi connectivity index (χ0v) is 13.9. The summed E-state index contributed by atoms with van der Waals surface area (Å²) in [7, 11) is -1.17. The molecule has 0 radical (unpaired) electrons. The van der Waals surface area contributed by atoms with Crippen molar-refractivity contribution in [3.8, 4) is 0 Å². The van der Waals surface area contributed by atoms with Gasteiger partial charge in [-0.25, -0.2) is 0 Å². The number of nitrogens with two attached hydrogens (primary N) is 1. The molecule has 1 atom stereocenters. The van der Waals surface area contributed by atoms with E-state index in [0.29, 0.717) is 18.8 Å². The number of rotatable bonds is 10. The number of hydrogen-bond acceptors (Lipinski definition) is 7. The third kappa shape index (κ3) is 13.4. The van der Waals surface area contributed by atoms with Crippen molar-refractivity contribution in [1.29, 1.82) is 0 Å². The zero-order chi connectivity index (χ0) is 17.5. The highest BCUT2D eigenvalue weighted by molar-refractivity contribution is 6.40. The summed E-state index contributed by atoms with van der Waals surface area (Å²) in [6, 6.07) is 0.223. The predicted molar refractivity (Wildman–Crippen MR) is 87.3 cm³/mol. The highest BCUT2D eigenvalue weighted by Crippen LogP contribution is 2.20. The Morgan fingerprint density at radius 1 is 1.17 bits per heavy atom. The van der Waals surface area contributed by atoms with Gasteiger partial charge in [0.25, 0.3) is 0 Å². The van der Waals surface area contributed by atoms with Gasteiger partial charge < -0.3 is 25.8 Å². The van der Waals surface area contributed by atoms with Crippen molar-refractivity contribution >= 4 is 13.3 Å². The van der Waals surface area contributed by atoms with Gasteiger partial charge >= 0.3 is 13.3 Å². The number of carbonyl (C=O) groups excluding carboxylic acids is 2. The van der Waals surface area contributed by atoms with Gasteiger partial charge in [0.05, 0.1) is 0 Å². The van der Waals surface area contributed by atoms with Crippen molar-refractivity contribution in [1.82, 2.24) is 4.90 Å². The highest BCUT2D eigenvalue weighted by atomic mass is 16.4. The third-order valence-electron chi connectivity index (χ3n) is 4.35. The van der Waals surface area contributed by atoms with E-state index in [0.717, 1.165) is 51.7 Å². The number of unbranched alkanes of at least 4 members (excludes halogenated alkanes) is 1. The maximum absolute atomic E-state index is 8.94. The van der Waals surface area contributed by atoms with Crippen LogP contribution in [0.2, 0.25) is 6.32 Å². The molecule has 0 bridgehead atoms. The van der Waals surface area contributed by atoms with Crippen molar-refractivity contribution in [3.63, 3.8) is 0 Å². The van der Waals surface area contributed by atoms with Gasteiger partial charge in [-0.05, 0) is 64.0 Å².